The first-order valence-electron chi connectivity index (χ1n) is 4.66. The SMILES string of the molecule is O=C(/C=C/c1ccsc1)c1ccccc1. The molecular weight excluding hydrogens is 204 g/mol. The Bertz CT molecular complexity index is 455. The van der Waals surface area contributed by atoms with Gasteiger partial charge in [0, 0.05) is 5.56 Å². The van der Waals surface area contributed by atoms with Crippen molar-refractivity contribution in [3.8, 4) is 0 Å². The molecule has 2 aromatic rings. The van der Waals surface area contributed by atoms with Crippen LogP contribution >= 0.6 is 11.3 Å². The molecule has 0 N–H and O–H groups in total. The highest BCUT2D eigenvalue weighted by atomic mass is 32.1. The Morgan fingerprint density at radius 1 is 1.13 bits per heavy atom. The molecule has 1 aromatic carbocycles. The lowest BCUT2D eigenvalue weighted by atomic mass is 10.1. The van der Waals surface area contributed by atoms with Crippen molar-refractivity contribution in [2.45, 2.75) is 0 Å². The first-order chi connectivity index (χ1) is 7.36. The fourth-order valence-electron chi connectivity index (χ4n) is 1.24. The van der Waals surface area contributed by atoms with Crippen LogP contribution in [-0.4, -0.2) is 5.78 Å². The van der Waals surface area contributed by atoms with E-state index in [1.165, 1.54) is 0 Å². The molecule has 1 nitrogen and oxygen atoms in total. The standard InChI is InChI=1S/C13H10OS/c14-13(12-4-2-1-3-5-12)7-6-11-8-9-15-10-11/h1-10H/b7-6+. The van der Waals surface area contributed by atoms with Gasteiger partial charge in [-0.2, -0.15) is 11.3 Å². The van der Waals surface area contributed by atoms with E-state index in [0.717, 1.165) is 11.1 Å². The quantitative estimate of drug-likeness (QED) is 0.563. The lowest BCUT2D eigenvalue weighted by Gasteiger charge is -1.92. The molecule has 0 atom stereocenters. The number of benzene rings is 1. The van der Waals surface area contributed by atoms with Crippen LogP contribution in [0.1, 0.15) is 15.9 Å². The molecule has 0 unspecified atom stereocenters. The van der Waals surface area contributed by atoms with Crippen molar-refractivity contribution in [1.82, 2.24) is 0 Å². The Balaban J connectivity index is 2.11. The number of hydrogen-bond acceptors (Lipinski definition) is 2. The first-order valence-corrected chi connectivity index (χ1v) is 5.60. The van der Waals surface area contributed by atoms with Crippen molar-refractivity contribution >= 4 is 23.2 Å². The Morgan fingerprint density at radius 2 is 1.93 bits per heavy atom. The Morgan fingerprint density at radius 3 is 2.60 bits per heavy atom. The van der Waals surface area contributed by atoms with Gasteiger partial charge < -0.3 is 0 Å². The number of thiophene rings is 1. The van der Waals surface area contributed by atoms with Crippen molar-refractivity contribution in [1.29, 1.82) is 0 Å². The highest BCUT2D eigenvalue weighted by Crippen LogP contribution is 2.09. The van der Waals surface area contributed by atoms with E-state index in [0.29, 0.717) is 0 Å². The van der Waals surface area contributed by atoms with Crippen LogP contribution in [0.25, 0.3) is 6.08 Å². The van der Waals surface area contributed by atoms with Crippen LogP contribution in [-0.2, 0) is 0 Å². The molecule has 0 saturated carbocycles. The molecule has 1 heterocycles. The Kier molecular flexibility index (Phi) is 3.10. The van der Waals surface area contributed by atoms with Crippen molar-refractivity contribution in [3.63, 3.8) is 0 Å². The van der Waals surface area contributed by atoms with Crippen LogP contribution in [0, 0.1) is 0 Å². The smallest absolute Gasteiger partial charge is 0.185 e. The third kappa shape index (κ3) is 2.64. The summed E-state index contributed by atoms with van der Waals surface area (Å²) >= 11 is 1.62. The highest BCUT2D eigenvalue weighted by molar-refractivity contribution is 7.08. The third-order valence-corrected chi connectivity index (χ3v) is 2.73. The third-order valence-electron chi connectivity index (χ3n) is 2.03. The number of rotatable bonds is 3. The molecule has 0 bridgehead atoms. The van der Waals surface area contributed by atoms with Gasteiger partial charge in [0.25, 0.3) is 0 Å². The molecule has 0 saturated heterocycles. The van der Waals surface area contributed by atoms with E-state index in [9.17, 15) is 4.79 Å². The molecule has 2 rings (SSSR count). The summed E-state index contributed by atoms with van der Waals surface area (Å²) in [5.74, 6) is 0.0433. The first kappa shape index (κ1) is 9.87. The maximum absolute atomic E-state index is 11.7. The second-order valence-corrected chi connectivity index (χ2v) is 3.90. The Hall–Kier alpha value is -1.67. The minimum atomic E-state index is 0.0433. The predicted octanol–water partition coefficient (Wildman–Crippen LogP) is 3.64. The molecule has 0 fully saturated rings. The summed E-state index contributed by atoms with van der Waals surface area (Å²) in [6.07, 6.45) is 3.45. The number of ketones is 1. The van der Waals surface area contributed by atoms with Crippen molar-refractivity contribution in [3.05, 3.63) is 64.4 Å². The second kappa shape index (κ2) is 4.71. The van der Waals surface area contributed by atoms with Crippen LogP contribution in [0.4, 0.5) is 0 Å². The van der Waals surface area contributed by atoms with E-state index in [-0.39, 0.29) is 5.78 Å². The lowest BCUT2D eigenvalue weighted by Crippen LogP contribution is -1.92. The number of hydrogen-bond donors (Lipinski definition) is 0. The van der Waals surface area contributed by atoms with Gasteiger partial charge in [0.2, 0.25) is 0 Å². The summed E-state index contributed by atoms with van der Waals surface area (Å²) < 4.78 is 0. The fraction of sp³-hybridized carbons (Fsp3) is 0. The molecule has 74 valence electrons. The largest absolute Gasteiger partial charge is 0.289 e. The van der Waals surface area contributed by atoms with E-state index >= 15 is 0 Å². The van der Waals surface area contributed by atoms with Gasteiger partial charge in [0.15, 0.2) is 5.78 Å². The maximum atomic E-state index is 11.7. The number of carbonyl (C=O) groups is 1. The number of carbonyl (C=O) groups excluding carboxylic acids is 1. The molecule has 0 spiro atoms. The van der Waals surface area contributed by atoms with Crippen molar-refractivity contribution < 1.29 is 4.79 Å². The van der Waals surface area contributed by atoms with E-state index in [4.69, 9.17) is 0 Å². The van der Waals surface area contributed by atoms with Crippen LogP contribution in [0.3, 0.4) is 0 Å². The fourth-order valence-corrected chi connectivity index (χ4v) is 1.87. The molecule has 0 amide bonds. The molecule has 0 aliphatic carbocycles. The zero-order chi connectivity index (χ0) is 10.5. The van der Waals surface area contributed by atoms with Gasteiger partial charge in [0.05, 0.1) is 0 Å². The monoisotopic (exact) mass is 214 g/mol. The van der Waals surface area contributed by atoms with E-state index in [2.05, 4.69) is 0 Å². The molecule has 0 radical (unpaired) electrons. The molecule has 0 aliphatic rings. The molecular formula is C13H10OS. The zero-order valence-electron chi connectivity index (χ0n) is 8.09. The summed E-state index contributed by atoms with van der Waals surface area (Å²) in [5.41, 5.74) is 1.80. The van der Waals surface area contributed by atoms with Gasteiger partial charge in [-0.05, 0) is 28.5 Å². The van der Waals surface area contributed by atoms with Gasteiger partial charge in [-0.3, -0.25) is 4.79 Å². The molecule has 1 aromatic heterocycles. The van der Waals surface area contributed by atoms with Crippen LogP contribution in [0.2, 0.25) is 0 Å². The summed E-state index contributed by atoms with van der Waals surface area (Å²) in [4.78, 5) is 11.7. The van der Waals surface area contributed by atoms with Crippen molar-refractivity contribution in [2.24, 2.45) is 0 Å². The van der Waals surface area contributed by atoms with Crippen LogP contribution in [0.5, 0.6) is 0 Å². The van der Waals surface area contributed by atoms with Crippen molar-refractivity contribution in [2.75, 3.05) is 0 Å². The van der Waals surface area contributed by atoms with Gasteiger partial charge in [0.1, 0.15) is 0 Å². The summed E-state index contributed by atoms with van der Waals surface area (Å²) in [6, 6.07) is 11.3. The minimum Gasteiger partial charge on any atom is -0.289 e. The predicted molar refractivity (Wildman–Crippen MR) is 64.1 cm³/mol. The normalized spacial score (nSPS) is 10.7. The van der Waals surface area contributed by atoms with E-state index < -0.39 is 0 Å². The summed E-state index contributed by atoms with van der Waals surface area (Å²) in [7, 11) is 0. The van der Waals surface area contributed by atoms with Gasteiger partial charge in [-0.15, -0.1) is 0 Å². The Labute approximate surface area is 92.7 Å². The van der Waals surface area contributed by atoms with Crippen LogP contribution < -0.4 is 0 Å². The zero-order valence-corrected chi connectivity index (χ0v) is 8.91. The van der Waals surface area contributed by atoms with Gasteiger partial charge >= 0.3 is 0 Å². The van der Waals surface area contributed by atoms with E-state index in [1.807, 2.05) is 53.2 Å². The highest BCUT2D eigenvalue weighted by Gasteiger charge is 1.98. The second-order valence-electron chi connectivity index (χ2n) is 3.12. The minimum absolute atomic E-state index is 0.0433. The summed E-state index contributed by atoms with van der Waals surface area (Å²) in [6.45, 7) is 0. The molecule has 15 heavy (non-hydrogen) atoms. The average Bonchev–Trinajstić information content (AvgIpc) is 2.80. The van der Waals surface area contributed by atoms with Crippen LogP contribution in [0.15, 0.2) is 53.2 Å². The average molecular weight is 214 g/mol. The molecule has 0 aliphatic heterocycles. The van der Waals surface area contributed by atoms with Gasteiger partial charge in [-0.1, -0.05) is 36.4 Å². The van der Waals surface area contributed by atoms with Gasteiger partial charge in [-0.25, -0.2) is 0 Å². The molecule has 2 heteroatoms. The lowest BCUT2D eigenvalue weighted by molar-refractivity contribution is 0.104. The maximum Gasteiger partial charge on any atom is 0.185 e. The van der Waals surface area contributed by atoms with E-state index in [1.54, 1.807) is 17.4 Å². The number of allylic oxidation sites excluding steroid dienone is 1. The topological polar surface area (TPSA) is 17.1 Å². The summed E-state index contributed by atoms with van der Waals surface area (Å²) in [5, 5.41) is 4.00.